The molecule has 1 heterocycles. The third-order valence-corrected chi connectivity index (χ3v) is 5.08. The molecule has 1 saturated heterocycles. The van der Waals surface area contributed by atoms with E-state index in [1.807, 2.05) is 18.2 Å². The molecule has 1 atom stereocenters. The van der Waals surface area contributed by atoms with Crippen molar-refractivity contribution in [2.24, 2.45) is 5.41 Å². The van der Waals surface area contributed by atoms with E-state index < -0.39 is 23.5 Å². The molecule has 2 aromatic carbocycles. The molecular formula is C21H25F3N2O. The molecule has 0 spiro atoms. The number of carbonyl (C=O) groups excluding carboxylic acids is 1. The van der Waals surface area contributed by atoms with Crippen LogP contribution < -0.4 is 5.43 Å². The summed E-state index contributed by atoms with van der Waals surface area (Å²) in [7, 11) is 0. The van der Waals surface area contributed by atoms with E-state index in [-0.39, 0.29) is 17.5 Å². The molecule has 27 heavy (non-hydrogen) atoms. The first-order chi connectivity index (χ1) is 12.3. The number of nitrogens with one attached hydrogen (secondary N) is 1. The monoisotopic (exact) mass is 378 g/mol. The molecule has 3 nitrogen and oxygen atoms in total. The van der Waals surface area contributed by atoms with Gasteiger partial charge in [0.05, 0.1) is 5.41 Å². The molecule has 1 amide bonds. The number of nitrogens with zero attached hydrogens (tertiary/aromatic N) is 1. The molecule has 2 aromatic rings. The fraction of sp³-hybridized carbons (Fsp3) is 0.476. The Hall–Kier alpha value is -2.08. The molecular weight excluding hydrogens is 353 g/mol. The molecule has 0 bridgehead atoms. The van der Waals surface area contributed by atoms with Gasteiger partial charge < -0.3 is 0 Å². The minimum atomic E-state index is -4.51. The third kappa shape index (κ3) is 3.68. The Bertz CT molecular complexity index is 881. The van der Waals surface area contributed by atoms with Crippen molar-refractivity contribution in [3.8, 4) is 0 Å². The van der Waals surface area contributed by atoms with E-state index in [0.29, 0.717) is 0 Å². The van der Waals surface area contributed by atoms with Crippen LogP contribution in [0.2, 0.25) is 0 Å². The largest absolute Gasteiger partial charge is 0.409 e. The highest BCUT2D eigenvalue weighted by Crippen LogP contribution is 2.41. The number of alkyl halides is 3. The van der Waals surface area contributed by atoms with Gasteiger partial charge in [-0.15, -0.1) is 0 Å². The first-order valence-electron chi connectivity index (χ1n) is 8.98. The highest BCUT2D eigenvalue weighted by Gasteiger charge is 2.51. The predicted molar refractivity (Wildman–Crippen MR) is 100 cm³/mol. The molecule has 0 radical (unpaired) electrons. The summed E-state index contributed by atoms with van der Waals surface area (Å²) in [5.41, 5.74) is 2.65. The van der Waals surface area contributed by atoms with Crippen LogP contribution in [-0.4, -0.2) is 23.6 Å². The van der Waals surface area contributed by atoms with Crippen molar-refractivity contribution in [1.82, 2.24) is 10.4 Å². The van der Waals surface area contributed by atoms with Crippen LogP contribution in [0.1, 0.15) is 51.8 Å². The van der Waals surface area contributed by atoms with E-state index in [1.165, 1.54) is 6.07 Å². The van der Waals surface area contributed by atoms with E-state index in [4.69, 9.17) is 0 Å². The lowest BCUT2D eigenvalue weighted by molar-refractivity contribution is -0.191. The topological polar surface area (TPSA) is 32.3 Å². The van der Waals surface area contributed by atoms with E-state index >= 15 is 0 Å². The summed E-state index contributed by atoms with van der Waals surface area (Å²) in [4.78, 5) is 12.0. The molecule has 0 saturated carbocycles. The first-order valence-corrected chi connectivity index (χ1v) is 8.98. The van der Waals surface area contributed by atoms with Gasteiger partial charge in [0.15, 0.2) is 0 Å². The lowest BCUT2D eigenvalue weighted by atomic mass is 9.83. The molecule has 6 heteroatoms. The maximum atomic E-state index is 13.9. The number of halogens is 3. The molecule has 0 aliphatic carbocycles. The van der Waals surface area contributed by atoms with Gasteiger partial charge in [0.2, 0.25) is 5.91 Å². The molecule has 0 aromatic heterocycles. The van der Waals surface area contributed by atoms with E-state index in [9.17, 15) is 18.0 Å². The zero-order valence-corrected chi connectivity index (χ0v) is 16.2. The Morgan fingerprint density at radius 3 is 2.30 bits per heavy atom. The van der Waals surface area contributed by atoms with Crippen LogP contribution in [0.5, 0.6) is 0 Å². The van der Waals surface area contributed by atoms with Crippen LogP contribution in [0.3, 0.4) is 0 Å². The number of rotatable bonds is 2. The zero-order chi connectivity index (χ0) is 20.2. The van der Waals surface area contributed by atoms with Crippen molar-refractivity contribution in [2.75, 3.05) is 6.54 Å². The molecule has 3 rings (SSSR count). The Morgan fingerprint density at radius 1 is 1.11 bits per heavy atom. The summed E-state index contributed by atoms with van der Waals surface area (Å²) in [5.74, 6) is -0.396. The van der Waals surface area contributed by atoms with Gasteiger partial charge in [-0.1, -0.05) is 51.1 Å². The van der Waals surface area contributed by atoms with E-state index in [0.717, 1.165) is 21.3 Å². The van der Waals surface area contributed by atoms with Crippen molar-refractivity contribution in [3.63, 3.8) is 0 Å². The van der Waals surface area contributed by atoms with Gasteiger partial charge in [-0.2, -0.15) is 13.2 Å². The Balaban J connectivity index is 2.09. The third-order valence-electron chi connectivity index (χ3n) is 5.08. The summed E-state index contributed by atoms with van der Waals surface area (Å²) in [6, 6.07) is 8.68. The van der Waals surface area contributed by atoms with Gasteiger partial charge in [0.25, 0.3) is 0 Å². The summed E-state index contributed by atoms with van der Waals surface area (Å²) in [5, 5.41) is 2.72. The van der Waals surface area contributed by atoms with Gasteiger partial charge in [-0.05, 0) is 47.2 Å². The van der Waals surface area contributed by atoms with Crippen LogP contribution in [-0.2, 0) is 10.2 Å². The zero-order valence-electron chi connectivity index (χ0n) is 16.2. The number of amides is 1. The summed E-state index contributed by atoms with van der Waals surface area (Å²) >= 11 is 0. The molecule has 1 fully saturated rings. The lowest BCUT2D eigenvalue weighted by Crippen LogP contribution is -2.43. The van der Waals surface area contributed by atoms with E-state index in [1.54, 1.807) is 26.0 Å². The second-order valence-corrected chi connectivity index (χ2v) is 8.93. The fourth-order valence-corrected chi connectivity index (χ4v) is 3.65. The minimum Gasteiger partial charge on any atom is -0.287 e. The van der Waals surface area contributed by atoms with Gasteiger partial charge in [-0.3, -0.25) is 10.2 Å². The number of carbonyl (C=O) groups is 1. The predicted octanol–water partition coefficient (Wildman–Crippen LogP) is 5.11. The van der Waals surface area contributed by atoms with Gasteiger partial charge >= 0.3 is 6.18 Å². The quantitative estimate of drug-likeness (QED) is 0.787. The van der Waals surface area contributed by atoms with Crippen molar-refractivity contribution in [1.29, 1.82) is 0 Å². The highest BCUT2D eigenvalue weighted by molar-refractivity contribution is 5.87. The van der Waals surface area contributed by atoms with Crippen LogP contribution in [0, 0.1) is 5.41 Å². The second-order valence-electron chi connectivity index (χ2n) is 8.93. The number of hydrogen-bond acceptors (Lipinski definition) is 2. The second kappa shape index (κ2) is 6.23. The number of hydrogen-bond donors (Lipinski definition) is 1. The SMILES string of the molecule is CC1(C)CN([C@@H](c2ccc3c(C(C)(C)C)cccc3c2)C(F)(F)F)NC1=O. The van der Waals surface area contributed by atoms with Crippen molar-refractivity contribution < 1.29 is 18.0 Å². The Morgan fingerprint density at radius 2 is 1.78 bits per heavy atom. The summed E-state index contributed by atoms with van der Waals surface area (Å²) in [6.07, 6.45) is -4.51. The number of benzene rings is 2. The Labute approximate surface area is 157 Å². The average molecular weight is 378 g/mol. The smallest absolute Gasteiger partial charge is 0.287 e. The molecule has 146 valence electrons. The highest BCUT2D eigenvalue weighted by atomic mass is 19.4. The average Bonchev–Trinajstić information content (AvgIpc) is 2.77. The molecule has 1 aliphatic heterocycles. The van der Waals surface area contributed by atoms with Crippen LogP contribution >= 0.6 is 0 Å². The Kier molecular flexibility index (Phi) is 4.54. The maximum absolute atomic E-state index is 13.9. The van der Waals surface area contributed by atoms with Crippen LogP contribution in [0.15, 0.2) is 36.4 Å². The maximum Gasteiger partial charge on any atom is 0.409 e. The number of fused-ring (bicyclic) bond motifs is 1. The summed E-state index contributed by atoms with van der Waals surface area (Å²) in [6.45, 7) is 9.52. The van der Waals surface area contributed by atoms with E-state index in [2.05, 4.69) is 26.2 Å². The first kappa shape index (κ1) is 19.7. The van der Waals surface area contributed by atoms with Crippen LogP contribution in [0.25, 0.3) is 10.8 Å². The minimum absolute atomic E-state index is 0.00389. The molecule has 0 unspecified atom stereocenters. The fourth-order valence-electron chi connectivity index (χ4n) is 3.65. The van der Waals surface area contributed by atoms with Gasteiger partial charge in [0.1, 0.15) is 6.04 Å². The molecule has 1 aliphatic rings. The summed E-state index contributed by atoms with van der Waals surface area (Å²) < 4.78 is 41.7. The van der Waals surface area contributed by atoms with Gasteiger partial charge in [-0.25, -0.2) is 5.01 Å². The van der Waals surface area contributed by atoms with Gasteiger partial charge in [0, 0.05) is 6.54 Å². The van der Waals surface area contributed by atoms with Crippen molar-refractivity contribution >= 4 is 16.7 Å². The lowest BCUT2D eigenvalue weighted by Gasteiger charge is -2.30. The van der Waals surface area contributed by atoms with Crippen LogP contribution in [0.4, 0.5) is 13.2 Å². The normalized spacial score (nSPS) is 19.3. The van der Waals surface area contributed by atoms with Crippen molar-refractivity contribution in [3.05, 3.63) is 47.5 Å². The van der Waals surface area contributed by atoms with Crippen molar-refractivity contribution in [2.45, 2.75) is 52.3 Å². The molecule has 1 N–H and O–H groups in total. The standard InChI is InChI=1S/C21H25F3N2O/c1-19(2,3)16-8-6-7-13-11-14(9-10-15(13)16)17(21(22,23)24)26-12-20(4,5)18(27)25-26/h6-11,17H,12H2,1-5H3,(H,25,27)/t17-/m0/s1. The number of hydrazine groups is 1.